The molecule has 5 aliphatic rings. The maximum atomic E-state index is 13.7. The first kappa shape index (κ1) is 23.5. The van der Waals surface area contributed by atoms with Crippen LogP contribution in [0.25, 0.3) is 0 Å². The number of esters is 1. The fourth-order valence-corrected chi connectivity index (χ4v) is 6.46. The summed E-state index contributed by atoms with van der Waals surface area (Å²) in [5.41, 5.74) is 2.00. The minimum Gasteiger partial charge on any atom is -0.455 e. The Balaban J connectivity index is 1.13. The molecule has 190 valence electrons. The lowest BCUT2D eigenvalue weighted by molar-refractivity contribution is -0.938. The molecular formula is C29H36N3O4+. The summed E-state index contributed by atoms with van der Waals surface area (Å²) >= 11 is 0. The molecule has 5 heterocycles. The number of carbonyl (C=O) groups excluding carboxylic acids is 1. The number of nitrogens with zero attached hydrogens (tertiary/aromatic N) is 3. The van der Waals surface area contributed by atoms with E-state index in [0.717, 1.165) is 74.0 Å². The zero-order valence-electron chi connectivity index (χ0n) is 20.8. The number of rotatable bonds is 7. The third-order valence-electron chi connectivity index (χ3n) is 8.44. The molecule has 3 atom stereocenters. The van der Waals surface area contributed by atoms with Gasteiger partial charge in [0.2, 0.25) is 0 Å². The molecule has 0 saturated carbocycles. The maximum Gasteiger partial charge on any atom is 0.328 e. The zero-order valence-corrected chi connectivity index (χ0v) is 20.8. The maximum absolute atomic E-state index is 13.7. The third kappa shape index (κ3) is 4.87. The number of oxime groups is 1. The van der Waals surface area contributed by atoms with E-state index < -0.39 is 6.29 Å². The van der Waals surface area contributed by atoms with Gasteiger partial charge in [-0.15, -0.1) is 0 Å². The Morgan fingerprint density at radius 2 is 1.69 bits per heavy atom. The van der Waals surface area contributed by atoms with Gasteiger partial charge in [-0.25, -0.2) is 4.79 Å². The van der Waals surface area contributed by atoms with Crippen molar-refractivity contribution in [2.45, 2.75) is 50.5 Å². The van der Waals surface area contributed by atoms with Gasteiger partial charge in [0.1, 0.15) is 12.6 Å². The Hall–Kier alpha value is -2.90. The molecule has 7 nitrogen and oxygen atoms in total. The van der Waals surface area contributed by atoms with E-state index in [-0.39, 0.29) is 18.1 Å². The number of carbonyl (C=O) groups is 1. The molecule has 4 fully saturated rings. The summed E-state index contributed by atoms with van der Waals surface area (Å²) in [6.07, 6.45) is 5.09. The highest BCUT2D eigenvalue weighted by Crippen LogP contribution is 2.38. The summed E-state index contributed by atoms with van der Waals surface area (Å²) in [7, 11) is 0. The minimum absolute atomic E-state index is 0.0659. The van der Waals surface area contributed by atoms with E-state index in [1.807, 2.05) is 48.5 Å². The fourth-order valence-electron chi connectivity index (χ4n) is 6.46. The molecule has 2 bridgehead atoms. The average Bonchev–Trinajstić information content (AvgIpc) is 3.39. The quantitative estimate of drug-likeness (QED) is 0.425. The Kier molecular flexibility index (Phi) is 6.67. The number of ether oxygens (including phenoxy) is 2. The second-order valence-corrected chi connectivity index (χ2v) is 10.8. The zero-order chi connectivity index (χ0) is 24.4. The van der Waals surface area contributed by atoms with Gasteiger partial charge in [-0.1, -0.05) is 67.1 Å². The monoisotopic (exact) mass is 490 g/mol. The van der Waals surface area contributed by atoms with E-state index >= 15 is 0 Å². The van der Waals surface area contributed by atoms with E-state index in [4.69, 9.17) is 14.3 Å². The summed E-state index contributed by atoms with van der Waals surface area (Å²) < 4.78 is 13.3. The van der Waals surface area contributed by atoms with Crippen molar-refractivity contribution in [3.8, 4) is 0 Å². The van der Waals surface area contributed by atoms with E-state index in [9.17, 15) is 4.79 Å². The first-order chi connectivity index (χ1) is 17.7. The molecule has 0 aromatic heterocycles. The molecule has 5 aliphatic heterocycles. The second kappa shape index (κ2) is 10.2. The molecule has 2 aromatic carbocycles. The predicted molar refractivity (Wildman–Crippen MR) is 136 cm³/mol. The van der Waals surface area contributed by atoms with Crippen molar-refractivity contribution in [1.82, 2.24) is 4.90 Å². The number of likely N-dealkylation sites (tertiary alicyclic amines) is 1. The van der Waals surface area contributed by atoms with Crippen molar-refractivity contribution in [2.75, 3.05) is 39.3 Å². The molecule has 0 amide bonds. The Morgan fingerprint density at radius 1 is 1.00 bits per heavy atom. The topological polar surface area (TPSA) is 60.4 Å². The van der Waals surface area contributed by atoms with Crippen molar-refractivity contribution >= 4 is 11.9 Å². The van der Waals surface area contributed by atoms with Gasteiger partial charge in [0.25, 0.3) is 12.2 Å². The summed E-state index contributed by atoms with van der Waals surface area (Å²) in [6.45, 7) is 5.51. The molecule has 7 heteroatoms. The summed E-state index contributed by atoms with van der Waals surface area (Å²) in [5, 5.41) is 4.28. The fraction of sp³-hybridized carbons (Fsp3) is 0.517. The van der Waals surface area contributed by atoms with E-state index in [1.165, 1.54) is 6.42 Å². The summed E-state index contributed by atoms with van der Waals surface area (Å²) in [5.74, 6) is 0.984. The van der Waals surface area contributed by atoms with Crippen LogP contribution >= 0.6 is 0 Å². The molecular weight excluding hydrogens is 454 g/mol. The lowest BCUT2D eigenvalue weighted by Crippen LogP contribution is -2.66. The minimum atomic E-state index is -0.480. The van der Waals surface area contributed by atoms with Gasteiger partial charge in [0, 0.05) is 24.3 Å². The average molecular weight is 491 g/mol. The first-order valence-corrected chi connectivity index (χ1v) is 13.5. The highest BCUT2D eigenvalue weighted by molar-refractivity contribution is 5.78. The van der Waals surface area contributed by atoms with Crippen molar-refractivity contribution in [1.29, 1.82) is 0 Å². The van der Waals surface area contributed by atoms with Gasteiger partial charge in [-0.2, -0.15) is 0 Å². The van der Waals surface area contributed by atoms with Crippen LogP contribution in [0.15, 0.2) is 65.8 Å². The van der Waals surface area contributed by atoms with Crippen LogP contribution in [0.2, 0.25) is 0 Å². The van der Waals surface area contributed by atoms with Gasteiger partial charge >= 0.3 is 5.97 Å². The van der Waals surface area contributed by atoms with Gasteiger partial charge in [0.05, 0.1) is 13.1 Å². The molecule has 0 spiro atoms. The van der Waals surface area contributed by atoms with E-state index in [1.54, 1.807) is 0 Å². The molecule has 2 unspecified atom stereocenters. The van der Waals surface area contributed by atoms with Crippen LogP contribution in [-0.2, 0) is 19.1 Å². The van der Waals surface area contributed by atoms with Crippen molar-refractivity contribution in [3.63, 3.8) is 0 Å². The van der Waals surface area contributed by atoms with Crippen LogP contribution in [0.1, 0.15) is 55.6 Å². The summed E-state index contributed by atoms with van der Waals surface area (Å²) in [6, 6.07) is 19.7. The van der Waals surface area contributed by atoms with Gasteiger partial charge < -0.3 is 18.8 Å². The van der Waals surface area contributed by atoms with Crippen LogP contribution in [0.4, 0.5) is 0 Å². The lowest BCUT2D eigenvalue weighted by Gasteiger charge is -2.51. The summed E-state index contributed by atoms with van der Waals surface area (Å²) in [4.78, 5) is 21.6. The van der Waals surface area contributed by atoms with Crippen LogP contribution in [0.3, 0.4) is 0 Å². The number of hydrogen-bond donors (Lipinski definition) is 0. The van der Waals surface area contributed by atoms with Crippen molar-refractivity contribution < 1.29 is 23.6 Å². The Morgan fingerprint density at radius 3 is 2.42 bits per heavy atom. The van der Waals surface area contributed by atoms with Crippen molar-refractivity contribution in [2.24, 2.45) is 11.1 Å². The molecule has 0 radical (unpaired) electrons. The number of hydrogen-bond acceptors (Lipinski definition) is 6. The predicted octanol–water partition coefficient (Wildman–Crippen LogP) is 4.42. The SMILES string of the molecule is O=C(O[C@H]1C[N+]2(CC3=NOC(c4ccccc4)O3)CCC1CC2)C(c1ccccc1)N1CCCCC1. The second-order valence-electron chi connectivity index (χ2n) is 10.8. The molecule has 7 rings (SSSR count). The molecule has 4 saturated heterocycles. The van der Waals surface area contributed by atoms with Crippen molar-refractivity contribution in [3.05, 3.63) is 71.8 Å². The van der Waals surface area contributed by atoms with E-state index in [0.29, 0.717) is 18.4 Å². The van der Waals surface area contributed by atoms with Crippen LogP contribution in [0.5, 0.6) is 0 Å². The Labute approximate surface area is 213 Å². The van der Waals surface area contributed by atoms with Crippen LogP contribution in [0, 0.1) is 5.92 Å². The highest BCUT2D eigenvalue weighted by atomic mass is 16.8. The lowest BCUT2D eigenvalue weighted by atomic mass is 9.83. The van der Waals surface area contributed by atoms with Crippen LogP contribution in [-0.4, -0.2) is 66.6 Å². The van der Waals surface area contributed by atoms with Gasteiger partial charge in [-0.3, -0.25) is 4.90 Å². The highest BCUT2D eigenvalue weighted by Gasteiger charge is 2.50. The number of quaternary nitrogens is 1. The number of piperidine rings is 4. The van der Waals surface area contributed by atoms with Gasteiger partial charge in [0.15, 0.2) is 12.6 Å². The molecule has 36 heavy (non-hydrogen) atoms. The van der Waals surface area contributed by atoms with Crippen LogP contribution < -0.4 is 0 Å². The number of fused-ring (bicyclic) bond motifs is 3. The van der Waals surface area contributed by atoms with Gasteiger partial charge in [-0.05, 0) is 36.7 Å². The Bertz CT molecular complexity index is 1060. The van der Waals surface area contributed by atoms with E-state index in [2.05, 4.69) is 22.2 Å². The molecule has 2 aromatic rings. The first-order valence-electron chi connectivity index (χ1n) is 13.5. The number of benzene rings is 2. The smallest absolute Gasteiger partial charge is 0.328 e. The molecule has 0 aliphatic carbocycles. The standard InChI is InChI=1S/C29H36N3O4/c33-28(27(23-10-4-1-5-11-23)31-16-8-3-9-17-31)34-25-20-32(18-14-22(25)15-19-32)21-26-30-36-29(35-26)24-12-6-2-7-13-24/h1-2,4-7,10-13,22,25,27,29H,3,8-9,14-21H2/q+1/t22?,25-,27?,29?,32?/m0/s1. The third-order valence-corrected chi connectivity index (χ3v) is 8.44. The normalized spacial score (nSPS) is 30.7. The molecule has 0 N–H and O–H groups in total. The largest absolute Gasteiger partial charge is 0.455 e.